The van der Waals surface area contributed by atoms with E-state index >= 15 is 0 Å². The number of anilines is 2. The van der Waals surface area contributed by atoms with Crippen LogP contribution in [-0.2, 0) is 11.8 Å². The number of aromatic nitrogens is 2. The zero-order chi connectivity index (χ0) is 20.0. The van der Waals surface area contributed by atoms with Gasteiger partial charge in [-0.3, -0.25) is 9.59 Å². The van der Waals surface area contributed by atoms with Crippen LogP contribution in [0, 0.1) is 17.7 Å². The highest BCUT2D eigenvalue weighted by molar-refractivity contribution is 6.31. The number of amides is 1. The number of nitrogens with one attached hydrogen (secondary N) is 2. The molecule has 1 amide bonds. The predicted octanol–water partition coefficient (Wildman–Crippen LogP) is 3.98. The van der Waals surface area contributed by atoms with Crippen LogP contribution >= 0.6 is 11.6 Å². The van der Waals surface area contributed by atoms with Gasteiger partial charge < -0.3 is 15.2 Å². The number of benzene rings is 1. The molecule has 2 atom stereocenters. The molecule has 148 valence electrons. The van der Waals surface area contributed by atoms with Crippen LogP contribution in [0.25, 0.3) is 0 Å². The van der Waals surface area contributed by atoms with E-state index in [9.17, 15) is 14.0 Å². The van der Waals surface area contributed by atoms with E-state index in [4.69, 9.17) is 11.6 Å². The summed E-state index contributed by atoms with van der Waals surface area (Å²) in [7, 11) is 3.55. The van der Waals surface area contributed by atoms with Gasteiger partial charge in [0, 0.05) is 38.5 Å². The molecular formula is C20H22ClFN4O2. The van der Waals surface area contributed by atoms with Gasteiger partial charge in [-0.05, 0) is 42.9 Å². The maximum absolute atomic E-state index is 13.4. The minimum Gasteiger partial charge on any atom is -0.359 e. The second kappa shape index (κ2) is 7.20. The largest absolute Gasteiger partial charge is 0.359 e. The number of carbonyl (C=O) groups is 2. The van der Waals surface area contributed by atoms with Gasteiger partial charge in [-0.2, -0.15) is 0 Å². The van der Waals surface area contributed by atoms with Crippen molar-refractivity contribution in [3.8, 4) is 0 Å². The fourth-order valence-electron chi connectivity index (χ4n) is 4.66. The van der Waals surface area contributed by atoms with Crippen LogP contribution in [0.5, 0.6) is 0 Å². The molecule has 0 radical (unpaired) electrons. The van der Waals surface area contributed by atoms with Crippen LogP contribution in [0.1, 0.15) is 47.8 Å². The second-order valence-electron chi connectivity index (χ2n) is 7.70. The van der Waals surface area contributed by atoms with E-state index in [1.807, 2.05) is 0 Å². The zero-order valence-corrected chi connectivity index (χ0v) is 16.5. The highest BCUT2D eigenvalue weighted by atomic mass is 35.5. The zero-order valence-electron chi connectivity index (χ0n) is 15.8. The molecule has 1 heterocycles. The summed E-state index contributed by atoms with van der Waals surface area (Å²) >= 11 is 5.82. The summed E-state index contributed by atoms with van der Waals surface area (Å²) in [5.41, 5.74) is 1.64. The Kier molecular flexibility index (Phi) is 4.87. The highest BCUT2D eigenvalue weighted by Crippen LogP contribution is 2.49. The number of ketones is 1. The minimum atomic E-state index is -0.537. The molecule has 6 nitrogen and oxygen atoms in total. The number of carbonyl (C=O) groups excluding carboxylic acids is 2. The molecule has 2 aliphatic rings. The summed E-state index contributed by atoms with van der Waals surface area (Å²) < 4.78 is 15.1. The van der Waals surface area contributed by atoms with E-state index < -0.39 is 5.82 Å². The summed E-state index contributed by atoms with van der Waals surface area (Å²) in [5, 5.41) is 5.76. The molecule has 1 aromatic carbocycles. The molecular weight excluding hydrogens is 383 g/mol. The Morgan fingerprint density at radius 1 is 1.29 bits per heavy atom. The van der Waals surface area contributed by atoms with Crippen molar-refractivity contribution < 1.29 is 14.0 Å². The summed E-state index contributed by atoms with van der Waals surface area (Å²) in [6.45, 7) is 0. The van der Waals surface area contributed by atoms with Gasteiger partial charge >= 0.3 is 0 Å². The number of nitrogens with zero attached hydrogens (tertiary/aromatic N) is 2. The molecule has 0 aliphatic heterocycles. The van der Waals surface area contributed by atoms with Crippen molar-refractivity contribution in [2.45, 2.75) is 31.6 Å². The highest BCUT2D eigenvalue weighted by Gasteiger charge is 2.43. The summed E-state index contributed by atoms with van der Waals surface area (Å²) in [6, 6.07) is 4.07. The summed E-state index contributed by atoms with van der Waals surface area (Å²) in [4.78, 5) is 29.4. The van der Waals surface area contributed by atoms with Crippen molar-refractivity contribution in [2.75, 3.05) is 17.7 Å². The Labute approximate surface area is 167 Å². The lowest BCUT2D eigenvalue weighted by Gasteiger charge is -2.13. The van der Waals surface area contributed by atoms with Crippen LogP contribution in [0.4, 0.5) is 16.0 Å². The van der Waals surface area contributed by atoms with E-state index in [1.54, 1.807) is 18.7 Å². The van der Waals surface area contributed by atoms with E-state index in [1.165, 1.54) is 18.2 Å². The second-order valence-corrected chi connectivity index (χ2v) is 8.10. The molecule has 2 N–H and O–H groups in total. The topological polar surface area (TPSA) is 76.0 Å². The third-order valence-electron chi connectivity index (χ3n) is 5.95. The van der Waals surface area contributed by atoms with Gasteiger partial charge in [0.15, 0.2) is 0 Å². The van der Waals surface area contributed by atoms with E-state index in [0.29, 0.717) is 47.8 Å². The van der Waals surface area contributed by atoms with Crippen molar-refractivity contribution in [3.05, 3.63) is 40.4 Å². The lowest BCUT2D eigenvalue weighted by atomic mass is 9.97. The van der Waals surface area contributed by atoms with Gasteiger partial charge in [-0.1, -0.05) is 11.6 Å². The van der Waals surface area contributed by atoms with E-state index in [0.717, 1.165) is 18.5 Å². The first-order valence-electron chi connectivity index (χ1n) is 9.39. The van der Waals surface area contributed by atoms with Gasteiger partial charge in [0.1, 0.15) is 17.3 Å². The third kappa shape index (κ3) is 3.28. The number of hydrogen-bond donors (Lipinski definition) is 2. The first-order chi connectivity index (χ1) is 13.4. The van der Waals surface area contributed by atoms with Crippen LogP contribution in [0.3, 0.4) is 0 Å². The van der Waals surface area contributed by atoms with Gasteiger partial charge in [-0.25, -0.2) is 9.37 Å². The van der Waals surface area contributed by atoms with E-state index in [2.05, 4.69) is 15.6 Å². The average Bonchev–Trinajstić information content (AvgIpc) is 3.28. The molecule has 28 heavy (non-hydrogen) atoms. The monoisotopic (exact) mass is 404 g/mol. The molecule has 4 rings (SSSR count). The number of imidazole rings is 1. The molecule has 1 aromatic heterocycles. The number of fused-ring (bicyclic) bond motifs is 1. The first kappa shape index (κ1) is 18.9. The van der Waals surface area contributed by atoms with Crippen LogP contribution in [0.15, 0.2) is 18.2 Å². The van der Waals surface area contributed by atoms with Crippen molar-refractivity contribution in [1.29, 1.82) is 0 Å². The third-order valence-corrected chi connectivity index (χ3v) is 6.24. The Balaban J connectivity index is 1.62. The molecule has 2 aliphatic carbocycles. The van der Waals surface area contributed by atoms with Crippen molar-refractivity contribution in [3.63, 3.8) is 0 Å². The van der Waals surface area contributed by atoms with E-state index in [-0.39, 0.29) is 16.8 Å². The molecule has 2 fully saturated rings. The Morgan fingerprint density at radius 3 is 2.57 bits per heavy atom. The van der Waals surface area contributed by atoms with Gasteiger partial charge in [-0.15, -0.1) is 0 Å². The standard InChI is InChI=1S/C20H22ClFN4O2/c1-23-20-25-17(12-5-10-7-14(27)8-11(10)6-12)18(26(20)2)19(28)24-13-3-4-16(22)15(21)9-13/h3-4,9-12H,5-8H2,1-2H3,(H,23,25)(H,24,28). The lowest BCUT2D eigenvalue weighted by molar-refractivity contribution is -0.117. The van der Waals surface area contributed by atoms with Crippen LogP contribution < -0.4 is 10.6 Å². The number of Topliss-reactive ketones (excluding diaryl/α,β-unsaturated/α-hetero) is 1. The number of hydrogen-bond acceptors (Lipinski definition) is 4. The quantitative estimate of drug-likeness (QED) is 0.808. The normalized spacial score (nSPS) is 23.7. The molecule has 2 unspecified atom stereocenters. The van der Waals surface area contributed by atoms with Crippen molar-refractivity contribution >= 4 is 34.9 Å². The fourth-order valence-corrected chi connectivity index (χ4v) is 4.84. The SMILES string of the molecule is CNc1nc(C2CC3CC(=O)CC3C2)c(C(=O)Nc2ccc(F)c(Cl)c2)n1C. The Bertz CT molecular complexity index is 942. The molecule has 0 spiro atoms. The van der Waals surface area contributed by atoms with Gasteiger partial charge in [0.2, 0.25) is 5.95 Å². The van der Waals surface area contributed by atoms with Gasteiger partial charge in [0.05, 0.1) is 10.7 Å². The molecule has 2 saturated carbocycles. The fraction of sp³-hybridized carbons (Fsp3) is 0.450. The minimum absolute atomic E-state index is 0.0489. The maximum Gasteiger partial charge on any atom is 0.274 e. The van der Waals surface area contributed by atoms with Gasteiger partial charge in [0.25, 0.3) is 5.91 Å². The number of halogens is 2. The average molecular weight is 405 g/mol. The molecule has 0 bridgehead atoms. The van der Waals surface area contributed by atoms with Crippen molar-refractivity contribution in [2.24, 2.45) is 18.9 Å². The Morgan fingerprint density at radius 2 is 1.96 bits per heavy atom. The Hall–Kier alpha value is -2.41. The van der Waals surface area contributed by atoms with Crippen LogP contribution in [0.2, 0.25) is 5.02 Å². The first-order valence-corrected chi connectivity index (χ1v) is 9.77. The molecule has 8 heteroatoms. The predicted molar refractivity (Wildman–Crippen MR) is 105 cm³/mol. The molecule has 0 saturated heterocycles. The van der Waals surface area contributed by atoms with Crippen LogP contribution in [-0.4, -0.2) is 28.3 Å². The molecule has 2 aromatic rings. The smallest absolute Gasteiger partial charge is 0.274 e. The number of rotatable bonds is 4. The lowest BCUT2D eigenvalue weighted by Crippen LogP contribution is -2.19. The van der Waals surface area contributed by atoms with Crippen molar-refractivity contribution in [1.82, 2.24) is 9.55 Å². The summed E-state index contributed by atoms with van der Waals surface area (Å²) in [6.07, 6.45) is 3.03. The maximum atomic E-state index is 13.4. The summed E-state index contributed by atoms with van der Waals surface area (Å²) in [5.74, 6) is 1.03.